The molecule has 0 atom stereocenters. The number of hydrogen-bond donors (Lipinski definition) is 0. The van der Waals surface area contributed by atoms with E-state index in [1.54, 1.807) is 0 Å². The van der Waals surface area contributed by atoms with Gasteiger partial charge < -0.3 is 4.43 Å². The Morgan fingerprint density at radius 2 is 1.36 bits per heavy atom. The van der Waals surface area contributed by atoms with Crippen LogP contribution in [0.15, 0.2) is 0 Å². The Hall–Kier alpha value is 0.177. The fourth-order valence-electron chi connectivity index (χ4n) is 2.39. The molecular formula is C12H28OSi. The highest BCUT2D eigenvalue weighted by Gasteiger charge is 2.33. The second kappa shape index (κ2) is 6.62. The molecule has 0 N–H and O–H groups in total. The molecule has 0 heterocycles. The molecule has 0 aliphatic carbocycles. The first kappa shape index (κ1) is 14.2. The summed E-state index contributed by atoms with van der Waals surface area (Å²) in [4.78, 5) is 0. The zero-order valence-electron chi connectivity index (χ0n) is 10.9. The van der Waals surface area contributed by atoms with E-state index in [9.17, 15) is 0 Å². The van der Waals surface area contributed by atoms with Gasteiger partial charge in [-0.1, -0.05) is 34.6 Å². The van der Waals surface area contributed by atoms with Crippen molar-refractivity contribution in [1.82, 2.24) is 0 Å². The highest BCUT2D eigenvalue weighted by molar-refractivity contribution is 6.73. The van der Waals surface area contributed by atoms with Gasteiger partial charge in [0.15, 0.2) is 8.32 Å². The molecule has 0 aliphatic rings. The van der Waals surface area contributed by atoms with Crippen molar-refractivity contribution in [3.63, 3.8) is 0 Å². The lowest BCUT2D eigenvalue weighted by atomic mass is 10.3. The van der Waals surface area contributed by atoms with Crippen molar-refractivity contribution in [3.8, 4) is 0 Å². The van der Waals surface area contributed by atoms with E-state index in [0.717, 1.165) is 18.4 Å². The van der Waals surface area contributed by atoms with Crippen molar-refractivity contribution in [1.29, 1.82) is 0 Å². The Morgan fingerprint density at radius 3 is 1.57 bits per heavy atom. The minimum absolute atomic E-state index is 0.784. The molecule has 0 spiro atoms. The van der Waals surface area contributed by atoms with Gasteiger partial charge in [-0.3, -0.25) is 0 Å². The molecule has 0 rings (SSSR count). The predicted octanol–water partition coefficient (Wildman–Crippen LogP) is 4.30. The standard InChI is InChI=1S/C12H28OSi/c1-7-13-14(8-2,9-11(3)4)10-12(5)6/h11-12H,7-10H2,1-6H3. The van der Waals surface area contributed by atoms with Crippen LogP contribution in [-0.4, -0.2) is 14.9 Å². The van der Waals surface area contributed by atoms with E-state index >= 15 is 0 Å². The van der Waals surface area contributed by atoms with E-state index in [4.69, 9.17) is 4.43 Å². The number of hydrogen-bond acceptors (Lipinski definition) is 1. The van der Waals surface area contributed by atoms with Crippen molar-refractivity contribution >= 4 is 8.32 Å². The van der Waals surface area contributed by atoms with Crippen LogP contribution in [0.5, 0.6) is 0 Å². The molecule has 2 heteroatoms. The summed E-state index contributed by atoms with van der Waals surface area (Å²) >= 11 is 0. The summed E-state index contributed by atoms with van der Waals surface area (Å²) in [5.41, 5.74) is 0. The quantitative estimate of drug-likeness (QED) is 0.577. The van der Waals surface area contributed by atoms with Gasteiger partial charge in [0.25, 0.3) is 0 Å². The molecule has 0 aromatic carbocycles. The normalized spacial score (nSPS) is 12.9. The topological polar surface area (TPSA) is 9.23 Å². The first-order valence-electron chi connectivity index (χ1n) is 6.09. The lowest BCUT2D eigenvalue weighted by molar-refractivity contribution is 0.309. The minimum atomic E-state index is -1.40. The fraction of sp³-hybridized carbons (Fsp3) is 1.00. The molecule has 1 nitrogen and oxygen atoms in total. The zero-order valence-corrected chi connectivity index (χ0v) is 11.9. The first-order valence-corrected chi connectivity index (χ1v) is 8.62. The first-order chi connectivity index (χ1) is 6.45. The third kappa shape index (κ3) is 5.16. The van der Waals surface area contributed by atoms with Crippen LogP contribution in [0.2, 0.25) is 18.1 Å². The van der Waals surface area contributed by atoms with Crippen LogP contribution in [0, 0.1) is 11.8 Å². The van der Waals surface area contributed by atoms with Crippen molar-refractivity contribution in [3.05, 3.63) is 0 Å². The SMILES string of the molecule is CCO[Si](CC)(CC(C)C)CC(C)C. The molecule has 86 valence electrons. The summed E-state index contributed by atoms with van der Waals surface area (Å²) in [6.07, 6.45) is 0. The van der Waals surface area contributed by atoms with Crippen LogP contribution in [0.3, 0.4) is 0 Å². The maximum absolute atomic E-state index is 6.14. The minimum Gasteiger partial charge on any atom is -0.417 e. The average molecular weight is 216 g/mol. The van der Waals surface area contributed by atoms with E-state index in [0.29, 0.717) is 0 Å². The molecule has 0 saturated heterocycles. The van der Waals surface area contributed by atoms with E-state index in [-0.39, 0.29) is 0 Å². The van der Waals surface area contributed by atoms with Crippen LogP contribution in [-0.2, 0) is 4.43 Å². The van der Waals surface area contributed by atoms with E-state index in [1.165, 1.54) is 18.1 Å². The third-order valence-corrected chi connectivity index (χ3v) is 7.97. The molecule has 0 amide bonds. The van der Waals surface area contributed by atoms with Crippen molar-refractivity contribution in [2.24, 2.45) is 11.8 Å². The van der Waals surface area contributed by atoms with E-state index < -0.39 is 8.32 Å². The lowest BCUT2D eigenvalue weighted by Gasteiger charge is -2.33. The third-order valence-electron chi connectivity index (χ3n) is 2.66. The molecule has 0 fully saturated rings. The molecule has 0 aliphatic heterocycles. The van der Waals surface area contributed by atoms with Crippen LogP contribution in [0.25, 0.3) is 0 Å². The summed E-state index contributed by atoms with van der Waals surface area (Å²) < 4.78 is 6.14. The predicted molar refractivity (Wildman–Crippen MR) is 67.2 cm³/mol. The Bertz CT molecular complexity index is 133. The van der Waals surface area contributed by atoms with E-state index in [1.807, 2.05) is 0 Å². The Morgan fingerprint density at radius 1 is 0.929 bits per heavy atom. The Labute approximate surface area is 91.4 Å². The zero-order chi connectivity index (χ0) is 11.2. The monoisotopic (exact) mass is 216 g/mol. The van der Waals surface area contributed by atoms with Gasteiger partial charge in [0.2, 0.25) is 0 Å². The van der Waals surface area contributed by atoms with Crippen LogP contribution in [0.4, 0.5) is 0 Å². The Kier molecular flexibility index (Phi) is 6.71. The van der Waals surface area contributed by atoms with Crippen molar-refractivity contribution in [2.75, 3.05) is 6.61 Å². The second-order valence-electron chi connectivity index (χ2n) is 5.17. The smallest absolute Gasteiger partial charge is 0.192 e. The fourth-order valence-corrected chi connectivity index (χ4v) is 7.16. The Balaban J connectivity index is 4.42. The molecule has 0 saturated carbocycles. The maximum Gasteiger partial charge on any atom is 0.192 e. The maximum atomic E-state index is 6.14. The van der Waals surface area contributed by atoms with Crippen molar-refractivity contribution < 1.29 is 4.43 Å². The molecule has 0 aromatic rings. The van der Waals surface area contributed by atoms with Gasteiger partial charge in [0.1, 0.15) is 0 Å². The summed E-state index contributed by atoms with van der Waals surface area (Å²) in [6, 6.07) is 3.93. The lowest BCUT2D eigenvalue weighted by Crippen LogP contribution is -2.40. The molecule has 0 radical (unpaired) electrons. The van der Waals surface area contributed by atoms with Gasteiger partial charge in [-0.2, -0.15) is 0 Å². The average Bonchev–Trinajstić information content (AvgIpc) is 2.02. The van der Waals surface area contributed by atoms with Gasteiger partial charge in [-0.05, 0) is 36.9 Å². The van der Waals surface area contributed by atoms with Gasteiger partial charge in [0, 0.05) is 6.61 Å². The van der Waals surface area contributed by atoms with Crippen LogP contribution < -0.4 is 0 Å². The van der Waals surface area contributed by atoms with Crippen molar-refractivity contribution in [2.45, 2.75) is 59.7 Å². The molecule has 0 bridgehead atoms. The number of rotatable bonds is 7. The van der Waals surface area contributed by atoms with Crippen LogP contribution in [0.1, 0.15) is 41.5 Å². The van der Waals surface area contributed by atoms with Gasteiger partial charge in [0.05, 0.1) is 0 Å². The summed E-state index contributed by atoms with van der Waals surface area (Å²) in [5, 5.41) is 0. The second-order valence-corrected chi connectivity index (χ2v) is 9.34. The largest absolute Gasteiger partial charge is 0.417 e. The molecular weight excluding hydrogens is 188 g/mol. The van der Waals surface area contributed by atoms with E-state index in [2.05, 4.69) is 41.5 Å². The summed E-state index contributed by atoms with van der Waals surface area (Å²) in [5.74, 6) is 1.57. The molecule has 0 unspecified atom stereocenters. The molecule has 0 aromatic heterocycles. The van der Waals surface area contributed by atoms with Gasteiger partial charge in [-0.25, -0.2) is 0 Å². The highest BCUT2D eigenvalue weighted by Crippen LogP contribution is 2.29. The summed E-state index contributed by atoms with van der Waals surface area (Å²) in [7, 11) is -1.40. The van der Waals surface area contributed by atoms with Gasteiger partial charge in [-0.15, -0.1) is 0 Å². The highest BCUT2D eigenvalue weighted by atomic mass is 28.4. The molecule has 14 heavy (non-hydrogen) atoms. The van der Waals surface area contributed by atoms with Gasteiger partial charge >= 0.3 is 0 Å². The summed E-state index contributed by atoms with van der Waals surface area (Å²) in [6.45, 7) is 14.6. The van der Waals surface area contributed by atoms with Crippen LogP contribution >= 0.6 is 0 Å².